The van der Waals surface area contributed by atoms with Crippen molar-refractivity contribution >= 4 is 5.91 Å². The first kappa shape index (κ1) is 15.7. The van der Waals surface area contributed by atoms with Crippen molar-refractivity contribution in [3.8, 4) is 0 Å². The van der Waals surface area contributed by atoms with Gasteiger partial charge in [0.1, 0.15) is 5.54 Å². The molecular weight excluding hydrogens is 240 g/mol. The van der Waals surface area contributed by atoms with Gasteiger partial charge in [0.05, 0.1) is 0 Å². The van der Waals surface area contributed by atoms with Crippen LogP contribution in [0.3, 0.4) is 0 Å². The molecule has 0 radical (unpaired) electrons. The van der Waals surface area contributed by atoms with E-state index in [1.807, 2.05) is 30.3 Å². The fourth-order valence-electron chi connectivity index (χ4n) is 1.80. The first-order valence-corrected chi connectivity index (χ1v) is 6.69. The maximum atomic E-state index is 11.6. The number of carbonyl (C=O) groups is 1. The second kappa shape index (κ2) is 7.26. The molecule has 19 heavy (non-hydrogen) atoms. The minimum atomic E-state index is -1.15. The van der Waals surface area contributed by atoms with E-state index in [-0.39, 0.29) is 0 Å². The van der Waals surface area contributed by atoms with Gasteiger partial charge in [0, 0.05) is 19.6 Å². The molecule has 1 aromatic carbocycles. The second-order valence-corrected chi connectivity index (χ2v) is 5.25. The number of amides is 1. The van der Waals surface area contributed by atoms with Crippen molar-refractivity contribution in [2.24, 2.45) is 17.4 Å². The van der Waals surface area contributed by atoms with Gasteiger partial charge in [-0.1, -0.05) is 44.2 Å². The lowest BCUT2D eigenvalue weighted by Gasteiger charge is -2.26. The third kappa shape index (κ3) is 4.65. The molecule has 0 aliphatic carbocycles. The van der Waals surface area contributed by atoms with E-state index in [2.05, 4.69) is 13.8 Å². The third-order valence-corrected chi connectivity index (χ3v) is 3.21. The highest BCUT2D eigenvalue weighted by Gasteiger charge is 2.33. The van der Waals surface area contributed by atoms with E-state index >= 15 is 0 Å². The van der Waals surface area contributed by atoms with Crippen LogP contribution in [0.4, 0.5) is 0 Å². The van der Waals surface area contributed by atoms with Crippen molar-refractivity contribution in [1.29, 1.82) is 0 Å². The summed E-state index contributed by atoms with van der Waals surface area (Å²) < 4.78 is 5.52. The number of primary amides is 1. The summed E-state index contributed by atoms with van der Waals surface area (Å²) in [6, 6.07) is 9.21. The molecule has 0 aliphatic rings. The standard InChI is InChI=1S/C15H24N2O2/c1-12(2)8-10-19-11-9-15(17,14(16)18)13-6-4-3-5-7-13/h3-7,12H,8-11,17H2,1-2H3,(H2,16,18). The Bertz CT molecular complexity index is 392. The Morgan fingerprint density at radius 2 is 1.89 bits per heavy atom. The highest BCUT2D eigenvalue weighted by atomic mass is 16.5. The number of ether oxygens (including phenoxy) is 1. The van der Waals surface area contributed by atoms with Crippen molar-refractivity contribution in [1.82, 2.24) is 0 Å². The van der Waals surface area contributed by atoms with Gasteiger partial charge in [0.15, 0.2) is 0 Å². The topological polar surface area (TPSA) is 78.3 Å². The van der Waals surface area contributed by atoms with E-state index in [9.17, 15) is 4.79 Å². The van der Waals surface area contributed by atoms with Crippen LogP contribution < -0.4 is 11.5 Å². The first-order chi connectivity index (χ1) is 8.97. The average Bonchev–Trinajstić information content (AvgIpc) is 2.38. The normalized spacial score (nSPS) is 14.3. The van der Waals surface area contributed by atoms with Crippen LogP contribution in [-0.4, -0.2) is 19.1 Å². The van der Waals surface area contributed by atoms with Crippen LogP contribution in [-0.2, 0) is 15.1 Å². The van der Waals surface area contributed by atoms with E-state index in [1.165, 1.54) is 0 Å². The van der Waals surface area contributed by atoms with Crippen molar-refractivity contribution in [3.63, 3.8) is 0 Å². The van der Waals surface area contributed by atoms with E-state index in [4.69, 9.17) is 16.2 Å². The number of hydrogen-bond acceptors (Lipinski definition) is 3. The van der Waals surface area contributed by atoms with Gasteiger partial charge in [-0.3, -0.25) is 4.79 Å². The molecular formula is C15H24N2O2. The minimum Gasteiger partial charge on any atom is -0.381 e. The van der Waals surface area contributed by atoms with E-state index < -0.39 is 11.4 Å². The monoisotopic (exact) mass is 264 g/mol. The highest BCUT2D eigenvalue weighted by molar-refractivity contribution is 5.85. The van der Waals surface area contributed by atoms with Crippen LogP contribution in [0.5, 0.6) is 0 Å². The zero-order chi connectivity index (χ0) is 14.3. The predicted molar refractivity (Wildman–Crippen MR) is 76.4 cm³/mol. The molecule has 1 rings (SSSR count). The summed E-state index contributed by atoms with van der Waals surface area (Å²) in [4.78, 5) is 11.6. The van der Waals surface area contributed by atoms with Crippen LogP contribution in [0.25, 0.3) is 0 Å². The molecule has 4 N–H and O–H groups in total. The van der Waals surface area contributed by atoms with Crippen molar-refractivity contribution < 1.29 is 9.53 Å². The molecule has 4 nitrogen and oxygen atoms in total. The first-order valence-electron chi connectivity index (χ1n) is 6.69. The lowest BCUT2D eigenvalue weighted by atomic mass is 9.87. The van der Waals surface area contributed by atoms with Gasteiger partial charge in [-0.25, -0.2) is 0 Å². The largest absolute Gasteiger partial charge is 0.381 e. The van der Waals surface area contributed by atoms with Crippen LogP contribution >= 0.6 is 0 Å². The smallest absolute Gasteiger partial charge is 0.242 e. The molecule has 1 aromatic rings. The van der Waals surface area contributed by atoms with Crippen LogP contribution in [0.1, 0.15) is 32.3 Å². The lowest BCUT2D eigenvalue weighted by Crippen LogP contribution is -2.49. The predicted octanol–water partition coefficient (Wildman–Crippen LogP) is 1.78. The van der Waals surface area contributed by atoms with Crippen LogP contribution in [0, 0.1) is 5.92 Å². The second-order valence-electron chi connectivity index (χ2n) is 5.25. The minimum absolute atomic E-state index is 0.393. The van der Waals surface area contributed by atoms with Gasteiger partial charge in [-0.15, -0.1) is 0 Å². The SMILES string of the molecule is CC(C)CCOCCC(N)(C(N)=O)c1ccccc1. The van der Waals surface area contributed by atoms with Gasteiger partial charge in [-0.05, 0) is 17.9 Å². The highest BCUT2D eigenvalue weighted by Crippen LogP contribution is 2.21. The summed E-state index contributed by atoms with van der Waals surface area (Å²) >= 11 is 0. The Hall–Kier alpha value is -1.39. The maximum Gasteiger partial charge on any atom is 0.242 e. The Labute approximate surface area is 115 Å². The molecule has 0 aromatic heterocycles. The molecule has 106 valence electrons. The van der Waals surface area contributed by atoms with Gasteiger partial charge in [0.25, 0.3) is 0 Å². The number of nitrogens with two attached hydrogens (primary N) is 2. The quantitative estimate of drug-likeness (QED) is 0.702. The fourth-order valence-corrected chi connectivity index (χ4v) is 1.80. The number of benzene rings is 1. The summed E-state index contributed by atoms with van der Waals surface area (Å²) in [5.74, 6) is 0.0825. The van der Waals surface area contributed by atoms with Crippen LogP contribution in [0.15, 0.2) is 30.3 Å². The van der Waals surface area contributed by atoms with E-state index in [1.54, 1.807) is 0 Å². The van der Waals surface area contributed by atoms with Gasteiger partial charge in [0.2, 0.25) is 5.91 Å². The molecule has 4 heteroatoms. The molecule has 0 bridgehead atoms. The van der Waals surface area contributed by atoms with Crippen molar-refractivity contribution in [3.05, 3.63) is 35.9 Å². The molecule has 0 saturated heterocycles. The van der Waals surface area contributed by atoms with Crippen LogP contribution in [0.2, 0.25) is 0 Å². The van der Waals surface area contributed by atoms with Gasteiger partial charge >= 0.3 is 0 Å². The number of hydrogen-bond donors (Lipinski definition) is 2. The maximum absolute atomic E-state index is 11.6. The molecule has 1 amide bonds. The van der Waals surface area contributed by atoms with E-state index in [0.717, 1.165) is 12.0 Å². The fraction of sp³-hybridized carbons (Fsp3) is 0.533. The third-order valence-electron chi connectivity index (χ3n) is 3.21. The summed E-state index contributed by atoms with van der Waals surface area (Å²) in [5, 5.41) is 0. The zero-order valence-corrected chi connectivity index (χ0v) is 11.8. The lowest BCUT2D eigenvalue weighted by molar-refractivity contribution is -0.124. The average molecular weight is 264 g/mol. The molecule has 1 atom stereocenters. The Kier molecular flexibility index (Phi) is 5.99. The molecule has 0 saturated carbocycles. The molecule has 0 aliphatic heterocycles. The summed E-state index contributed by atoms with van der Waals surface area (Å²) in [6.45, 7) is 5.40. The Morgan fingerprint density at radius 1 is 1.26 bits per heavy atom. The summed E-state index contributed by atoms with van der Waals surface area (Å²) in [7, 11) is 0. The van der Waals surface area contributed by atoms with Crippen molar-refractivity contribution in [2.45, 2.75) is 32.2 Å². The zero-order valence-electron chi connectivity index (χ0n) is 11.8. The van der Waals surface area contributed by atoms with Gasteiger partial charge < -0.3 is 16.2 Å². The Morgan fingerprint density at radius 3 is 2.42 bits per heavy atom. The molecule has 1 unspecified atom stereocenters. The Balaban J connectivity index is 2.56. The van der Waals surface area contributed by atoms with E-state index in [0.29, 0.717) is 25.6 Å². The number of carbonyl (C=O) groups excluding carboxylic acids is 1. The van der Waals surface area contributed by atoms with Crippen molar-refractivity contribution in [2.75, 3.05) is 13.2 Å². The number of rotatable bonds is 8. The molecule has 0 fully saturated rings. The van der Waals surface area contributed by atoms with Gasteiger partial charge in [-0.2, -0.15) is 0 Å². The molecule has 0 heterocycles. The summed E-state index contributed by atoms with van der Waals surface area (Å²) in [5.41, 5.74) is 11.2. The summed E-state index contributed by atoms with van der Waals surface area (Å²) in [6.07, 6.45) is 1.39. The molecule has 0 spiro atoms.